The lowest BCUT2D eigenvalue weighted by molar-refractivity contribution is -0.119. The standard InChI is InChI=1S/C24H20N2O3S/c25-14-17-3-1-5-22(11-17)29-23-6-2-4-18(12-23)15-28-21-9-7-19(8-10-21)20-13-24(27)26-30-16-20/h1-12,20H,13,15-16H2,(H,26,27). The van der Waals surface area contributed by atoms with Gasteiger partial charge in [0.1, 0.15) is 23.9 Å². The molecule has 1 saturated heterocycles. The van der Waals surface area contributed by atoms with E-state index in [0.29, 0.717) is 30.1 Å². The van der Waals surface area contributed by atoms with Crippen LogP contribution < -0.4 is 14.2 Å². The molecule has 150 valence electrons. The van der Waals surface area contributed by atoms with Crippen LogP contribution in [0, 0.1) is 11.3 Å². The molecule has 0 aromatic heterocycles. The summed E-state index contributed by atoms with van der Waals surface area (Å²) in [7, 11) is 0. The van der Waals surface area contributed by atoms with E-state index in [1.54, 1.807) is 18.2 Å². The molecule has 1 atom stereocenters. The summed E-state index contributed by atoms with van der Waals surface area (Å²) >= 11 is 1.46. The molecule has 1 heterocycles. The molecule has 1 N–H and O–H groups in total. The lowest BCUT2D eigenvalue weighted by Crippen LogP contribution is -2.26. The van der Waals surface area contributed by atoms with E-state index in [4.69, 9.17) is 14.7 Å². The number of hydrogen-bond acceptors (Lipinski definition) is 5. The highest BCUT2D eigenvalue weighted by atomic mass is 32.2. The molecular weight excluding hydrogens is 396 g/mol. The summed E-state index contributed by atoms with van der Waals surface area (Å²) < 4.78 is 14.6. The van der Waals surface area contributed by atoms with E-state index < -0.39 is 0 Å². The molecule has 0 bridgehead atoms. The molecular formula is C24H20N2O3S. The van der Waals surface area contributed by atoms with Crippen molar-refractivity contribution in [1.29, 1.82) is 5.26 Å². The summed E-state index contributed by atoms with van der Waals surface area (Å²) in [5.74, 6) is 3.30. The molecule has 5 nitrogen and oxygen atoms in total. The van der Waals surface area contributed by atoms with Gasteiger partial charge in [0.05, 0.1) is 11.6 Å². The molecule has 1 unspecified atom stereocenters. The Kier molecular flexibility index (Phi) is 6.21. The Bertz CT molecular complexity index is 1080. The average molecular weight is 417 g/mol. The van der Waals surface area contributed by atoms with Gasteiger partial charge in [0.25, 0.3) is 0 Å². The second kappa shape index (κ2) is 9.38. The highest BCUT2D eigenvalue weighted by molar-refractivity contribution is 7.98. The quantitative estimate of drug-likeness (QED) is 0.561. The Morgan fingerprint density at radius 3 is 2.53 bits per heavy atom. The number of ether oxygens (including phenoxy) is 2. The Morgan fingerprint density at radius 2 is 1.77 bits per heavy atom. The molecule has 3 aromatic rings. The van der Waals surface area contributed by atoms with E-state index in [1.807, 2.05) is 54.6 Å². The van der Waals surface area contributed by atoms with Crippen molar-refractivity contribution in [2.45, 2.75) is 18.9 Å². The second-order valence-electron chi connectivity index (χ2n) is 6.98. The fraction of sp³-hybridized carbons (Fsp3) is 0.167. The topological polar surface area (TPSA) is 71.3 Å². The number of benzene rings is 3. The first kappa shape index (κ1) is 19.9. The smallest absolute Gasteiger partial charge is 0.230 e. The van der Waals surface area contributed by atoms with Gasteiger partial charge in [0, 0.05) is 18.1 Å². The van der Waals surface area contributed by atoms with Crippen LogP contribution in [-0.2, 0) is 11.4 Å². The van der Waals surface area contributed by atoms with Gasteiger partial charge >= 0.3 is 0 Å². The van der Waals surface area contributed by atoms with E-state index in [-0.39, 0.29) is 11.8 Å². The van der Waals surface area contributed by atoms with Crippen LogP contribution in [0.2, 0.25) is 0 Å². The fourth-order valence-corrected chi connectivity index (χ4v) is 4.07. The van der Waals surface area contributed by atoms with E-state index >= 15 is 0 Å². The molecule has 1 fully saturated rings. The molecule has 30 heavy (non-hydrogen) atoms. The summed E-state index contributed by atoms with van der Waals surface area (Å²) in [6.07, 6.45) is 0.525. The first-order chi connectivity index (χ1) is 14.7. The number of nitrogens with one attached hydrogen (secondary N) is 1. The second-order valence-corrected chi connectivity index (χ2v) is 7.81. The molecule has 4 rings (SSSR count). The van der Waals surface area contributed by atoms with Crippen molar-refractivity contribution < 1.29 is 14.3 Å². The van der Waals surface area contributed by atoms with Crippen molar-refractivity contribution in [3.8, 4) is 23.3 Å². The number of carbonyl (C=O) groups is 1. The summed E-state index contributed by atoms with van der Waals surface area (Å²) in [6, 6.07) is 24.8. The normalized spacial score (nSPS) is 15.7. The van der Waals surface area contributed by atoms with Crippen molar-refractivity contribution >= 4 is 17.9 Å². The van der Waals surface area contributed by atoms with Gasteiger partial charge in [-0.1, -0.05) is 30.3 Å². The number of nitrogens with zero attached hydrogens (tertiary/aromatic N) is 1. The van der Waals surface area contributed by atoms with E-state index in [0.717, 1.165) is 22.6 Å². The van der Waals surface area contributed by atoms with Crippen molar-refractivity contribution in [3.63, 3.8) is 0 Å². The Labute approximate surface area is 179 Å². The number of amides is 1. The van der Waals surface area contributed by atoms with Crippen LogP contribution in [0.4, 0.5) is 0 Å². The van der Waals surface area contributed by atoms with Gasteiger partial charge in [-0.3, -0.25) is 4.79 Å². The third-order valence-electron chi connectivity index (χ3n) is 4.76. The molecule has 1 aliphatic rings. The molecule has 1 amide bonds. The van der Waals surface area contributed by atoms with Gasteiger partial charge < -0.3 is 14.2 Å². The number of nitriles is 1. The minimum atomic E-state index is 0.0815. The minimum absolute atomic E-state index is 0.0815. The summed E-state index contributed by atoms with van der Waals surface area (Å²) in [5, 5.41) is 9.01. The number of rotatable bonds is 6. The van der Waals surface area contributed by atoms with Crippen LogP contribution in [0.15, 0.2) is 72.8 Å². The molecule has 6 heteroatoms. The summed E-state index contributed by atoms with van der Waals surface area (Å²) in [4.78, 5) is 11.6. The largest absolute Gasteiger partial charge is 0.489 e. The average Bonchev–Trinajstić information content (AvgIpc) is 2.78. The maximum atomic E-state index is 11.6. The van der Waals surface area contributed by atoms with Crippen LogP contribution in [0.3, 0.4) is 0 Å². The Balaban J connectivity index is 1.36. The SMILES string of the molecule is N#Cc1cccc(Oc2cccc(COc3ccc(C4CSNC(=O)C4)cc3)c2)c1. The number of hydrogen-bond donors (Lipinski definition) is 1. The molecule has 3 aromatic carbocycles. The van der Waals surface area contributed by atoms with Gasteiger partial charge in [-0.15, -0.1) is 0 Å². The van der Waals surface area contributed by atoms with Crippen molar-refractivity contribution in [2.24, 2.45) is 0 Å². The maximum absolute atomic E-state index is 11.6. The van der Waals surface area contributed by atoms with Crippen LogP contribution in [0.25, 0.3) is 0 Å². The maximum Gasteiger partial charge on any atom is 0.230 e. The monoisotopic (exact) mass is 416 g/mol. The molecule has 1 aliphatic heterocycles. The van der Waals surface area contributed by atoms with E-state index in [1.165, 1.54) is 11.9 Å². The van der Waals surface area contributed by atoms with Crippen LogP contribution in [0.1, 0.15) is 29.0 Å². The molecule has 0 aliphatic carbocycles. The highest BCUT2D eigenvalue weighted by Gasteiger charge is 2.21. The third kappa shape index (κ3) is 5.13. The van der Waals surface area contributed by atoms with Gasteiger partial charge in [-0.25, -0.2) is 0 Å². The summed E-state index contributed by atoms with van der Waals surface area (Å²) in [5.41, 5.74) is 2.69. The fourth-order valence-electron chi connectivity index (χ4n) is 3.23. The zero-order valence-electron chi connectivity index (χ0n) is 16.2. The van der Waals surface area contributed by atoms with Crippen molar-refractivity contribution in [1.82, 2.24) is 4.72 Å². The van der Waals surface area contributed by atoms with Gasteiger partial charge in [-0.05, 0) is 65.5 Å². The minimum Gasteiger partial charge on any atom is -0.489 e. The molecule has 0 radical (unpaired) electrons. The summed E-state index contributed by atoms with van der Waals surface area (Å²) in [6.45, 7) is 0.413. The van der Waals surface area contributed by atoms with Crippen LogP contribution in [0.5, 0.6) is 17.2 Å². The first-order valence-electron chi connectivity index (χ1n) is 9.60. The van der Waals surface area contributed by atoms with Gasteiger partial charge in [0.15, 0.2) is 0 Å². The number of carbonyl (C=O) groups excluding carboxylic acids is 1. The zero-order valence-corrected chi connectivity index (χ0v) is 17.0. The lowest BCUT2D eigenvalue weighted by Gasteiger charge is -2.21. The van der Waals surface area contributed by atoms with Crippen LogP contribution in [-0.4, -0.2) is 11.7 Å². The first-order valence-corrected chi connectivity index (χ1v) is 10.6. The van der Waals surface area contributed by atoms with E-state index in [2.05, 4.69) is 10.8 Å². The Hall–Kier alpha value is -3.43. The van der Waals surface area contributed by atoms with Gasteiger partial charge in [0.2, 0.25) is 5.91 Å². The predicted molar refractivity (Wildman–Crippen MR) is 116 cm³/mol. The van der Waals surface area contributed by atoms with E-state index in [9.17, 15) is 4.79 Å². The lowest BCUT2D eigenvalue weighted by atomic mass is 9.97. The zero-order chi connectivity index (χ0) is 20.8. The highest BCUT2D eigenvalue weighted by Crippen LogP contribution is 2.29. The van der Waals surface area contributed by atoms with Gasteiger partial charge in [-0.2, -0.15) is 5.26 Å². The van der Waals surface area contributed by atoms with Crippen molar-refractivity contribution in [2.75, 3.05) is 5.75 Å². The molecule has 0 spiro atoms. The Morgan fingerprint density at radius 1 is 1.00 bits per heavy atom. The predicted octanol–water partition coefficient (Wildman–Crippen LogP) is 5.18. The van der Waals surface area contributed by atoms with Crippen molar-refractivity contribution in [3.05, 3.63) is 89.5 Å². The third-order valence-corrected chi connectivity index (χ3v) is 5.70. The molecule has 0 saturated carbocycles. The van der Waals surface area contributed by atoms with Crippen LogP contribution >= 0.6 is 11.9 Å².